The summed E-state index contributed by atoms with van der Waals surface area (Å²) >= 11 is 0. The first kappa shape index (κ1) is 17.9. The molecule has 5 heteroatoms. The Morgan fingerprint density at radius 2 is 1.56 bits per heavy atom. The summed E-state index contributed by atoms with van der Waals surface area (Å²) in [6.07, 6.45) is 3.31. The normalized spacial score (nSPS) is 19.9. The highest BCUT2D eigenvalue weighted by atomic mass is 16.2. The van der Waals surface area contributed by atoms with Gasteiger partial charge < -0.3 is 9.80 Å². The van der Waals surface area contributed by atoms with Crippen molar-refractivity contribution >= 4 is 11.8 Å². The summed E-state index contributed by atoms with van der Waals surface area (Å²) in [6.45, 7) is 6.94. The lowest BCUT2D eigenvalue weighted by atomic mass is 9.90. The van der Waals surface area contributed by atoms with Gasteiger partial charge in [0, 0.05) is 46.2 Å². The smallest absolute Gasteiger partial charge is 0.236 e. The fraction of sp³-hybridized carbons (Fsp3) is 0.600. The first-order valence-corrected chi connectivity index (χ1v) is 9.41. The fourth-order valence-electron chi connectivity index (χ4n) is 3.85. The topological polar surface area (TPSA) is 43.9 Å². The maximum Gasteiger partial charge on any atom is 0.236 e. The molecule has 3 rings (SSSR count). The van der Waals surface area contributed by atoms with E-state index in [2.05, 4.69) is 35.2 Å². The molecule has 2 aliphatic heterocycles. The van der Waals surface area contributed by atoms with Gasteiger partial charge in [-0.3, -0.25) is 14.5 Å². The van der Waals surface area contributed by atoms with E-state index >= 15 is 0 Å². The Bertz CT molecular complexity index is 574. The number of likely N-dealkylation sites (tertiary alicyclic amines) is 1. The van der Waals surface area contributed by atoms with Gasteiger partial charge in [0.25, 0.3) is 0 Å². The first-order valence-electron chi connectivity index (χ1n) is 9.41. The molecule has 25 heavy (non-hydrogen) atoms. The molecule has 0 spiro atoms. The van der Waals surface area contributed by atoms with Crippen molar-refractivity contribution in [3.05, 3.63) is 35.9 Å². The van der Waals surface area contributed by atoms with E-state index in [1.54, 1.807) is 6.92 Å². The number of rotatable bonds is 4. The third-order valence-electron chi connectivity index (χ3n) is 5.51. The minimum atomic E-state index is 0.131. The standard InChI is InChI=1S/C20H29N3O2/c1-17(24)22-13-11-21(12-14-22)16-20(25)23-9-7-19(8-10-23)15-18-5-3-2-4-6-18/h2-6,19H,7-16H2,1H3. The SMILES string of the molecule is CC(=O)N1CCN(CC(=O)N2CCC(Cc3ccccc3)CC2)CC1. The molecule has 1 aromatic rings. The Labute approximate surface area is 150 Å². The van der Waals surface area contributed by atoms with Crippen molar-refractivity contribution in [3.8, 4) is 0 Å². The maximum absolute atomic E-state index is 12.6. The number of carbonyl (C=O) groups is 2. The van der Waals surface area contributed by atoms with E-state index in [9.17, 15) is 9.59 Å². The van der Waals surface area contributed by atoms with Gasteiger partial charge in [0.05, 0.1) is 6.54 Å². The Balaban J connectivity index is 1.39. The van der Waals surface area contributed by atoms with E-state index in [1.165, 1.54) is 5.56 Å². The van der Waals surface area contributed by atoms with Crippen molar-refractivity contribution in [2.45, 2.75) is 26.2 Å². The van der Waals surface area contributed by atoms with Gasteiger partial charge in [-0.15, -0.1) is 0 Å². The van der Waals surface area contributed by atoms with Crippen molar-refractivity contribution in [2.24, 2.45) is 5.92 Å². The molecule has 5 nitrogen and oxygen atoms in total. The van der Waals surface area contributed by atoms with E-state index in [0.29, 0.717) is 12.5 Å². The predicted molar refractivity (Wildman–Crippen MR) is 98.1 cm³/mol. The average molecular weight is 343 g/mol. The van der Waals surface area contributed by atoms with Gasteiger partial charge in [-0.1, -0.05) is 30.3 Å². The van der Waals surface area contributed by atoms with Crippen LogP contribution in [0.4, 0.5) is 0 Å². The Morgan fingerprint density at radius 3 is 2.16 bits per heavy atom. The lowest BCUT2D eigenvalue weighted by Crippen LogP contribution is -2.51. The molecule has 0 saturated carbocycles. The quantitative estimate of drug-likeness (QED) is 0.835. The second-order valence-electron chi connectivity index (χ2n) is 7.30. The summed E-state index contributed by atoms with van der Waals surface area (Å²) in [4.78, 5) is 30.0. The van der Waals surface area contributed by atoms with Gasteiger partial charge >= 0.3 is 0 Å². The molecule has 0 aliphatic carbocycles. The molecule has 0 atom stereocenters. The Morgan fingerprint density at radius 1 is 0.920 bits per heavy atom. The molecule has 1 aromatic carbocycles. The van der Waals surface area contributed by atoms with Crippen molar-refractivity contribution in [1.29, 1.82) is 0 Å². The van der Waals surface area contributed by atoms with Crippen LogP contribution >= 0.6 is 0 Å². The Kier molecular flexibility index (Phi) is 6.08. The molecule has 0 unspecified atom stereocenters. The second kappa shape index (κ2) is 8.48. The third kappa shape index (κ3) is 5.05. The molecule has 0 bridgehead atoms. The van der Waals surface area contributed by atoms with E-state index < -0.39 is 0 Å². The minimum absolute atomic E-state index is 0.131. The Hall–Kier alpha value is -1.88. The highest BCUT2D eigenvalue weighted by Crippen LogP contribution is 2.21. The third-order valence-corrected chi connectivity index (χ3v) is 5.51. The summed E-state index contributed by atoms with van der Waals surface area (Å²) in [7, 11) is 0. The minimum Gasteiger partial charge on any atom is -0.342 e. The molecule has 0 radical (unpaired) electrons. The monoisotopic (exact) mass is 343 g/mol. The van der Waals surface area contributed by atoms with Crippen LogP contribution in [-0.4, -0.2) is 72.3 Å². The number of carbonyl (C=O) groups excluding carboxylic acids is 2. The lowest BCUT2D eigenvalue weighted by molar-refractivity contribution is -0.135. The van der Waals surface area contributed by atoms with Crippen LogP contribution in [0.25, 0.3) is 0 Å². The van der Waals surface area contributed by atoms with Gasteiger partial charge in [-0.2, -0.15) is 0 Å². The van der Waals surface area contributed by atoms with Gasteiger partial charge in [0.15, 0.2) is 0 Å². The number of benzene rings is 1. The average Bonchev–Trinajstić information content (AvgIpc) is 2.63. The predicted octanol–water partition coefficient (Wildman–Crippen LogP) is 1.63. The molecule has 2 saturated heterocycles. The highest BCUT2D eigenvalue weighted by Gasteiger charge is 2.26. The lowest BCUT2D eigenvalue weighted by Gasteiger charge is -2.36. The van der Waals surface area contributed by atoms with E-state index in [0.717, 1.165) is 58.5 Å². The molecular weight excluding hydrogens is 314 g/mol. The van der Waals surface area contributed by atoms with Crippen molar-refractivity contribution in [2.75, 3.05) is 45.8 Å². The number of nitrogens with zero attached hydrogens (tertiary/aromatic N) is 3. The van der Waals surface area contributed by atoms with E-state index in [4.69, 9.17) is 0 Å². The molecule has 2 fully saturated rings. The molecule has 0 aromatic heterocycles. The van der Waals surface area contributed by atoms with Crippen molar-refractivity contribution in [1.82, 2.24) is 14.7 Å². The summed E-state index contributed by atoms with van der Waals surface area (Å²) in [5.74, 6) is 1.06. The van der Waals surface area contributed by atoms with Gasteiger partial charge in [0.2, 0.25) is 11.8 Å². The molecule has 2 amide bonds. The second-order valence-corrected chi connectivity index (χ2v) is 7.30. The summed E-state index contributed by atoms with van der Waals surface area (Å²) < 4.78 is 0. The van der Waals surface area contributed by atoms with E-state index in [-0.39, 0.29) is 11.8 Å². The zero-order valence-electron chi connectivity index (χ0n) is 15.2. The molecule has 2 aliphatic rings. The number of amides is 2. The largest absolute Gasteiger partial charge is 0.342 e. The van der Waals surface area contributed by atoms with Crippen molar-refractivity contribution in [3.63, 3.8) is 0 Å². The summed E-state index contributed by atoms with van der Waals surface area (Å²) in [5.41, 5.74) is 1.40. The van der Waals surface area contributed by atoms with Crippen LogP contribution in [0.3, 0.4) is 0 Å². The van der Waals surface area contributed by atoms with Gasteiger partial charge in [-0.05, 0) is 30.7 Å². The highest BCUT2D eigenvalue weighted by molar-refractivity contribution is 5.78. The van der Waals surface area contributed by atoms with Crippen LogP contribution in [-0.2, 0) is 16.0 Å². The fourth-order valence-corrected chi connectivity index (χ4v) is 3.85. The van der Waals surface area contributed by atoms with Gasteiger partial charge in [0.1, 0.15) is 0 Å². The zero-order valence-corrected chi connectivity index (χ0v) is 15.2. The van der Waals surface area contributed by atoms with Crippen LogP contribution in [0.2, 0.25) is 0 Å². The van der Waals surface area contributed by atoms with Crippen molar-refractivity contribution < 1.29 is 9.59 Å². The van der Waals surface area contributed by atoms with Crippen LogP contribution in [0.1, 0.15) is 25.3 Å². The number of piperidine rings is 1. The summed E-state index contributed by atoms with van der Waals surface area (Å²) in [5, 5.41) is 0. The van der Waals surface area contributed by atoms with Crippen LogP contribution < -0.4 is 0 Å². The zero-order chi connectivity index (χ0) is 17.6. The molecule has 0 N–H and O–H groups in total. The van der Waals surface area contributed by atoms with Crippen LogP contribution in [0.15, 0.2) is 30.3 Å². The van der Waals surface area contributed by atoms with E-state index in [1.807, 2.05) is 9.80 Å². The number of hydrogen-bond donors (Lipinski definition) is 0. The number of piperazine rings is 1. The molecular formula is C20H29N3O2. The van der Waals surface area contributed by atoms with Crippen LogP contribution in [0, 0.1) is 5.92 Å². The maximum atomic E-state index is 12.6. The molecule has 2 heterocycles. The number of hydrogen-bond acceptors (Lipinski definition) is 3. The molecule has 136 valence electrons. The first-order chi connectivity index (χ1) is 12.1. The van der Waals surface area contributed by atoms with Gasteiger partial charge in [-0.25, -0.2) is 0 Å². The summed E-state index contributed by atoms with van der Waals surface area (Å²) in [6, 6.07) is 10.6. The van der Waals surface area contributed by atoms with Crippen LogP contribution in [0.5, 0.6) is 0 Å².